The lowest BCUT2D eigenvalue weighted by atomic mass is 10.2. The molecule has 0 unspecified atom stereocenters. The van der Waals surface area contributed by atoms with Gasteiger partial charge >= 0.3 is 0 Å². The van der Waals surface area contributed by atoms with Crippen molar-refractivity contribution < 1.29 is 21.9 Å². The van der Waals surface area contributed by atoms with E-state index in [4.69, 9.17) is 4.74 Å². The number of hydrogen-bond donors (Lipinski definition) is 1. The second-order valence-electron chi connectivity index (χ2n) is 4.38. The Labute approximate surface area is 133 Å². The van der Waals surface area contributed by atoms with E-state index in [1.165, 1.54) is 7.11 Å². The summed E-state index contributed by atoms with van der Waals surface area (Å²) in [4.78, 5) is -1.01. The molecule has 0 aliphatic heterocycles. The topological polar surface area (TPSA) is 55.4 Å². The van der Waals surface area contributed by atoms with E-state index in [9.17, 15) is 17.2 Å². The highest BCUT2D eigenvalue weighted by atomic mass is 32.2. The predicted octanol–water partition coefficient (Wildman–Crippen LogP) is 2.30. The molecule has 7 heteroatoms. The molecule has 2 rings (SSSR count). The van der Waals surface area contributed by atoms with Crippen LogP contribution < -0.4 is 9.46 Å². The van der Waals surface area contributed by atoms with Crippen LogP contribution in [0.25, 0.3) is 0 Å². The fraction of sp³-hybridized carbons (Fsp3) is 0.125. The number of ether oxygens (including phenoxy) is 1. The molecule has 2 aromatic carbocycles. The van der Waals surface area contributed by atoms with Gasteiger partial charge in [-0.25, -0.2) is 17.2 Å². The summed E-state index contributed by atoms with van der Waals surface area (Å²) >= 11 is 0. The molecule has 0 amide bonds. The van der Waals surface area contributed by atoms with E-state index >= 15 is 0 Å². The van der Waals surface area contributed by atoms with Gasteiger partial charge in [0.05, 0.1) is 19.2 Å². The lowest BCUT2D eigenvalue weighted by Gasteiger charge is -2.06. The van der Waals surface area contributed by atoms with Crippen LogP contribution in [0, 0.1) is 23.5 Å². The minimum absolute atomic E-state index is 0.297. The zero-order valence-corrected chi connectivity index (χ0v) is 13.0. The molecule has 2 aromatic rings. The number of hydrogen-bond acceptors (Lipinski definition) is 3. The van der Waals surface area contributed by atoms with Gasteiger partial charge in [-0.3, -0.25) is 0 Å². The molecular weight excluding hydrogens is 324 g/mol. The van der Waals surface area contributed by atoms with Crippen molar-refractivity contribution in [2.45, 2.75) is 4.90 Å². The van der Waals surface area contributed by atoms with Crippen LogP contribution in [0.4, 0.5) is 8.78 Å². The third kappa shape index (κ3) is 4.06. The van der Waals surface area contributed by atoms with Crippen molar-refractivity contribution in [3.63, 3.8) is 0 Å². The van der Waals surface area contributed by atoms with E-state index in [2.05, 4.69) is 11.8 Å². The average Bonchev–Trinajstić information content (AvgIpc) is 2.51. The zero-order valence-electron chi connectivity index (χ0n) is 12.1. The first kappa shape index (κ1) is 16.9. The molecule has 0 spiro atoms. The van der Waals surface area contributed by atoms with Crippen LogP contribution in [-0.2, 0) is 10.0 Å². The van der Waals surface area contributed by atoms with Gasteiger partial charge in [-0.05, 0) is 24.3 Å². The molecule has 0 saturated carbocycles. The minimum atomic E-state index is -4.33. The Morgan fingerprint density at radius 3 is 2.39 bits per heavy atom. The molecule has 4 nitrogen and oxygen atoms in total. The molecule has 0 bridgehead atoms. The van der Waals surface area contributed by atoms with E-state index in [-0.39, 0.29) is 6.54 Å². The smallest absolute Gasteiger partial charge is 0.247 e. The predicted molar refractivity (Wildman–Crippen MR) is 81.4 cm³/mol. The Bertz CT molecular complexity index is 850. The summed E-state index contributed by atoms with van der Waals surface area (Å²) in [7, 11) is -2.84. The van der Waals surface area contributed by atoms with Crippen LogP contribution in [0.3, 0.4) is 0 Å². The third-order valence-corrected chi connectivity index (χ3v) is 4.32. The summed E-state index contributed by atoms with van der Waals surface area (Å²) in [5.74, 6) is 3.53. The molecule has 0 fully saturated rings. The van der Waals surface area contributed by atoms with Gasteiger partial charge in [0.2, 0.25) is 10.0 Å². The first-order chi connectivity index (χ1) is 11.0. The summed E-state index contributed by atoms with van der Waals surface area (Å²) in [5, 5.41) is 0. The minimum Gasteiger partial charge on any atom is -0.495 e. The van der Waals surface area contributed by atoms with Crippen LogP contribution >= 0.6 is 0 Å². The maximum atomic E-state index is 13.5. The van der Waals surface area contributed by atoms with Gasteiger partial charge in [-0.2, -0.15) is 4.72 Å². The molecule has 0 radical (unpaired) electrons. The summed E-state index contributed by atoms with van der Waals surface area (Å²) < 4.78 is 58.0. The van der Waals surface area contributed by atoms with E-state index < -0.39 is 26.6 Å². The molecule has 0 aliphatic carbocycles. The molecule has 0 aromatic heterocycles. The Balaban J connectivity index is 2.14. The lowest BCUT2D eigenvalue weighted by molar-refractivity contribution is 0.413. The van der Waals surface area contributed by atoms with Gasteiger partial charge in [0.25, 0.3) is 0 Å². The number of methoxy groups -OCH3 is 1. The summed E-state index contributed by atoms with van der Waals surface area (Å²) in [6.07, 6.45) is 0. The Kier molecular flexibility index (Phi) is 5.32. The van der Waals surface area contributed by atoms with Crippen LogP contribution in [0.1, 0.15) is 5.56 Å². The number of halogens is 2. The van der Waals surface area contributed by atoms with Gasteiger partial charge in [0.15, 0.2) is 4.90 Å². The van der Waals surface area contributed by atoms with Gasteiger partial charge in [0.1, 0.15) is 17.4 Å². The molecule has 0 saturated heterocycles. The lowest BCUT2D eigenvalue weighted by Crippen LogP contribution is -2.26. The first-order valence-electron chi connectivity index (χ1n) is 6.51. The number of para-hydroxylation sites is 1. The van der Waals surface area contributed by atoms with Crippen molar-refractivity contribution in [3.8, 4) is 17.6 Å². The molecule has 23 heavy (non-hydrogen) atoms. The SMILES string of the molecule is COc1ccccc1C#CCNS(=O)(=O)c1c(F)cccc1F. The second-order valence-corrected chi connectivity index (χ2v) is 6.08. The van der Waals surface area contributed by atoms with Crippen molar-refractivity contribution in [1.29, 1.82) is 0 Å². The largest absolute Gasteiger partial charge is 0.495 e. The third-order valence-electron chi connectivity index (χ3n) is 2.87. The van der Waals surface area contributed by atoms with E-state index in [1.54, 1.807) is 24.3 Å². The maximum absolute atomic E-state index is 13.5. The molecular formula is C16H13F2NO3S. The van der Waals surface area contributed by atoms with E-state index in [1.807, 2.05) is 4.72 Å². The normalized spacial score (nSPS) is 10.7. The molecule has 120 valence electrons. The Morgan fingerprint density at radius 2 is 1.74 bits per heavy atom. The van der Waals surface area contributed by atoms with Crippen molar-refractivity contribution >= 4 is 10.0 Å². The highest BCUT2D eigenvalue weighted by Crippen LogP contribution is 2.18. The summed E-state index contributed by atoms with van der Waals surface area (Å²) in [6.45, 7) is -0.297. The fourth-order valence-corrected chi connectivity index (χ4v) is 2.89. The van der Waals surface area contributed by atoms with E-state index in [0.717, 1.165) is 18.2 Å². The van der Waals surface area contributed by atoms with Gasteiger partial charge in [-0.1, -0.05) is 30.0 Å². The average molecular weight is 337 g/mol. The van der Waals surface area contributed by atoms with Crippen molar-refractivity contribution in [1.82, 2.24) is 4.72 Å². The standard InChI is InChI=1S/C16H13F2NO3S/c1-22-15-10-3-2-6-12(15)7-5-11-19-23(20,21)16-13(17)8-4-9-14(16)18/h2-4,6,8-10,19H,11H2,1H3. The van der Waals surface area contributed by atoms with Crippen molar-refractivity contribution in [2.75, 3.05) is 13.7 Å². The van der Waals surface area contributed by atoms with E-state index in [0.29, 0.717) is 11.3 Å². The highest BCUT2D eigenvalue weighted by molar-refractivity contribution is 7.89. The number of benzene rings is 2. The highest BCUT2D eigenvalue weighted by Gasteiger charge is 2.22. The molecule has 1 N–H and O–H groups in total. The van der Waals surface area contributed by atoms with Crippen LogP contribution in [0.15, 0.2) is 47.4 Å². The van der Waals surface area contributed by atoms with Crippen molar-refractivity contribution in [2.24, 2.45) is 0 Å². The van der Waals surface area contributed by atoms with Crippen LogP contribution in [0.2, 0.25) is 0 Å². The summed E-state index contributed by atoms with van der Waals surface area (Å²) in [5.41, 5.74) is 0.575. The Morgan fingerprint density at radius 1 is 1.09 bits per heavy atom. The Hall–Kier alpha value is -2.43. The van der Waals surface area contributed by atoms with Gasteiger partial charge in [-0.15, -0.1) is 0 Å². The monoisotopic (exact) mass is 337 g/mol. The second kappa shape index (κ2) is 7.22. The quantitative estimate of drug-likeness (QED) is 0.871. The number of sulfonamides is 1. The van der Waals surface area contributed by atoms with Crippen molar-refractivity contribution in [3.05, 3.63) is 59.7 Å². The first-order valence-corrected chi connectivity index (χ1v) is 7.99. The fourth-order valence-electron chi connectivity index (χ4n) is 1.83. The number of rotatable bonds is 4. The van der Waals surface area contributed by atoms with Crippen LogP contribution in [0.5, 0.6) is 5.75 Å². The molecule has 0 heterocycles. The molecule has 0 atom stereocenters. The zero-order chi connectivity index (χ0) is 16.9. The van der Waals surface area contributed by atoms with Gasteiger partial charge in [0, 0.05) is 0 Å². The molecule has 0 aliphatic rings. The maximum Gasteiger partial charge on any atom is 0.247 e. The van der Waals surface area contributed by atoms with Crippen LogP contribution in [-0.4, -0.2) is 22.1 Å². The summed E-state index contributed by atoms with van der Waals surface area (Å²) in [6, 6.07) is 9.78. The van der Waals surface area contributed by atoms with Gasteiger partial charge < -0.3 is 4.74 Å². The number of nitrogens with one attached hydrogen (secondary N) is 1.